The molecule has 0 fully saturated rings. The van der Waals surface area contributed by atoms with Crippen LogP contribution >= 0.6 is 0 Å². The minimum absolute atomic E-state index is 0.624. The Morgan fingerprint density at radius 2 is 0.794 bits per heavy atom. The number of benzene rings is 3. The summed E-state index contributed by atoms with van der Waals surface area (Å²) in [7, 11) is 0. The van der Waals surface area contributed by atoms with Gasteiger partial charge in [0.15, 0.2) is 0 Å². The fraction of sp³-hybridized carbons (Fsp3) is 0.290. The van der Waals surface area contributed by atoms with Gasteiger partial charge in [-0.25, -0.2) is 0 Å². The molecule has 34 heavy (non-hydrogen) atoms. The van der Waals surface area contributed by atoms with E-state index in [0.29, 0.717) is 19.6 Å². The van der Waals surface area contributed by atoms with Gasteiger partial charge in [0, 0.05) is 22.3 Å². The van der Waals surface area contributed by atoms with E-state index < -0.39 is 0 Å². The average molecular weight is 450 g/mol. The van der Waals surface area contributed by atoms with Gasteiger partial charge in [-0.3, -0.25) is 0 Å². The van der Waals surface area contributed by atoms with E-state index in [1.165, 1.54) is 22.3 Å². The Balaban J connectivity index is 1.77. The Morgan fingerprint density at radius 3 is 1.12 bits per heavy atom. The van der Waals surface area contributed by atoms with Gasteiger partial charge < -0.3 is 17.2 Å². The number of rotatable bonds is 8. The molecule has 0 aliphatic carbocycles. The highest BCUT2D eigenvalue weighted by molar-refractivity contribution is 5.50. The number of hydrogen-bond donors (Lipinski definition) is 3. The predicted molar refractivity (Wildman–Crippen MR) is 144 cm³/mol. The fourth-order valence-corrected chi connectivity index (χ4v) is 3.96. The first-order valence-corrected chi connectivity index (χ1v) is 12.1. The minimum Gasteiger partial charge on any atom is -0.330 e. The highest BCUT2D eigenvalue weighted by Gasteiger charge is 2.01. The van der Waals surface area contributed by atoms with E-state index in [-0.39, 0.29) is 0 Å². The molecule has 3 aromatic rings. The maximum atomic E-state index is 5.76. The SMILES string of the molecule is CCCc1cc(C#Cc2ccc(C#Cc3cc(CCN)cc(CCN)c3)cc2)cc(CCN)c1. The molecule has 0 radical (unpaired) electrons. The Kier molecular flexibility index (Phi) is 9.96. The highest BCUT2D eigenvalue weighted by atomic mass is 14.5. The monoisotopic (exact) mass is 449 g/mol. The summed E-state index contributed by atoms with van der Waals surface area (Å²) in [4.78, 5) is 0. The predicted octanol–water partition coefficient (Wildman–Crippen LogP) is 3.94. The quantitative estimate of drug-likeness (QED) is 0.456. The molecule has 3 heteroatoms. The van der Waals surface area contributed by atoms with E-state index >= 15 is 0 Å². The van der Waals surface area contributed by atoms with Crippen molar-refractivity contribution < 1.29 is 0 Å². The fourth-order valence-electron chi connectivity index (χ4n) is 3.96. The van der Waals surface area contributed by atoms with E-state index in [2.05, 4.69) is 67.0 Å². The maximum Gasteiger partial charge on any atom is 0.0254 e. The molecule has 0 bridgehead atoms. The van der Waals surface area contributed by atoms with Crippen molar-refractivity contribution in [1.29, 1.82) is 0 Å². The van der Waals surface area contributed by atoms with E-state index in [0.717, 1.165) is 54.4 Å². The summed E-state index contributed by atoms with van der Waals surface area (Å²) in [6.45, 7) is 4.09. The van der Waals surface area contributed by atoms with E-state index in [1.54, 1.807) is 0 Å². The average Bonchev–Trinajstić information content (AvgIpc) is 2.83. The lowest BCUT2D eigenvalue weighted by molar-refractivity contribution is 0.908. The van der Waals surface area contributed by atoms with Crippen molar-refractivity contribution in [3.8, 4) is 23.7 Å². The standard InChI is InChI=1S/C31H35N3/c1-2-3-26-18-27(20-29(19-26)12-15-32)10-8-24-4-6-25(7-5-24)9-11-28-21-30(13-16-33)23-31(22-28)14-17-34/h4-7,18-23H,2-3,12-17,32-34H2,1H3. The second kappa shape index (κ2) is 13.4. The molecule has 3 rings (SSSR count). The Hall–Kier alpha value is -3.34. The summed E-state index contributed by atoms with van der Waals surface area (Å²) < 4.78 is 0. The first kappa shape index (κ1) is 25.3. The zero-order chi connectivity index (χ0) is 24.2. The van der Waals surface area contributed by atoms with Gasteiger partial charge in [-0.05, 0) is 116 Å². The first-order chi connectivity index (χ1) is 16.6. The van der Waals surface area contributed by atoms with Crippen LogP contribution in [0, 0.1) is 23.7 Å². The molecule has 0 aliphatic heterocycles. The molecule has 0 spiro atoms. The molecule has 174 valence electrons. The summed E-state index contributed by atoms with van der Waals surface area (Å²) in [5.74, 6) is 13.2. The molecule has 0 atom stereocenters. The molecular weight excluding hydrogens is 414 g/mol. The van der Waals surface area contributed by atoms with Gasteiger partial charge in [-0.15, -0.1) is 0 Å². The number of aryl methyl sites for hydroxylation is 1. The van der Waals surface area contributed by atoms with Crippen LogP contribution in [0.15, 0.2) is 60.7 Å². The summed E-state index contributed by atoms with van der Waals surface area (Å²) in [5, 5.41) is 0. The van der Waals surface area contributed by atoms with Gasteiger partial charge in [-0.1, -0.05) is 49.2 Å². The second-order valence-electron chi connectivity index (χ2n) is 8.52. The van der Waals surface area contributed by atoms with Crippen molar-refractivity contribution in [3.63, 3.8) is 0 Å². The minimum atomic E-state index is 0.624. The molecule has 0 aliphatic rings. The van der Waals surface area contributed by atoms with Crippen molar-refractivity contribution in [2.24, 2.45) is 17.2 Å². The summed E-state index contributed by atoms with van der Waals surface area (Å²) in [6, 6.07) is 21.1. The van der Waals surface area contributed by atoms with Crippen molar-refractivity contribution in [1.82, 2.24) is 0 Å². The maximum absolute atomic E-state index is 5.76. The van der Waals surface area contributed by atoms with E-state index in [1.807, 2.05) is 24.3 Å². The van der Waals surface area contributed by atoms with Crippen LogP contribution in [0.4, 0.5) is 0 Å². The third kappa shape index (κ3) is 7.91. The van der Waals surface area contributed by atoms with Gasteiger partial charge in [-0.2, -0.15) is 0 Å². The van der Waals surface area contributed by atoms with E-state index in [4.69, 9.17) is 17.2 Å². The molecule has 6 N–H and O–H groups in total. The summed E-state index contributed by atoms with van der Waals surface area (Å²) >= 11 is 0. The zero-order valence-electron chi connectivity index (χ0n) is 20.2. The Morgan fingerprint density at radius 1 is 0.471 bits per heavy atom. The first-order valence-electron chi connectivity index (χ1n) is 12.1. The molecule has 0 amide bonds. The number of hydrogen-bond acceptors (Lipinski definition) is 3. The summed E-state index contributed by atoms with van der Waals surface area (Å²) in [6.07, 6.45) is 4.74. The van der Waals surface area contributed by atoms with Crippen LogP contribution in [0.3, 0.4) is 0 Å². The largest absolute Gasteiger partial charge is 0.330 e. The van der Waals surface area contributed by atoms with Crippen molar-refractivity contribution >= 4 is 0 Å². The molecule has 3 aromatic carbocycles. The highest BCUT2D eigenvalue weighted by Crippen LogP contribution is 2.14. The van der Waals surface area contributed by atoms with Gasteiger partial charge in [0.25, 0.3) is 0 Å². The van der Waals surface area contributed by atoms with Gasteiger partial charge in [0.1, 0.15) is 0 Å². The second-order valence-corrected chi connectivity index (χ2v) is 8.52. The molecular formula is C31H35N3. The van der Waals surface area contributed by atoms with Crippen LogP contribution in [0.2, 0.25) is 0 Å². The molecule has 0 saturated carbocycles. The van der Waals surface area contributed by atoms with Gasteiger partial charge >= 0.3 is 0 Å². The van der Waals surface area contributed by atoms with Crippen LogP contribution < -0.4 is 17.2 Å². The lowest BCUT2D eigenvalue weighted by atomic mass is 10.0. The smallest absolute Gasteiger partial charge is 0.0254 e. The van der Waals surface area contributed by atoms with Crippen LogP contribution in [0.1, 0.15) is 57.9 Å². The molecule has 0 aromatic heterocycles. The lowest BCUT2D eigenvalue weighted by Gasteiger charge is -2.05. The Labute approximate surface area is 204 Å². The molecule has 0 saturated heterocycles. The molecule has 3 nitrogen and oxygen atoms in total. The van der Waals surface area contributed by atoms with Crippen molar-refractivity contribution in [2.45, 2.75) is 39.0 Å². The van der Waals surface area contributed by atoms with E-state index in [9.17, 15) is 0 Å². The van der Waals surface area contributed by atoms with Gasteiger partial charge in [0.05, 0.1) is 0 Å². The van der Waals surface area contributed by atoms with Crippen LogP contribution in [0.5, 0.6) is 0 Å². The van der Waals surface area contributed by atoms with Crippen molar-refractivity contribution in [2.75, 3.05) is 19.6 Å². The molecule has 0 unspecified atom stereocenters. The molecule has 0 heterocycles. The van der Waals surface area contributed by atoms with Gasteiger partial charge in [0.2, 0.25) is 0 Å². The lowest BCUT2D eigenvalue weighted by Crippen LogP contribution is -2.06. The Bertz CT molecular complexity index is 1060. The van der Waals surface area contributed by atoms with Crippen LogP contribution in [0.25, 0.3) is 0 Å². The number of nitrogens with two attached hydrogens (primary N) is 3. The summed E-state index contributed by atoms with van der Waals surface area (Å²) in [5.41, 5.74) is 26.2. The third-order valence-electron chi connectivity index (χ3n) is 5.53. The van der Waals surface area contributed by atoms with Crippen LogP contribution in [-0.4, -0.2) is 19.6 Å². The third-order valence-corrected chi connectivity index (χ3v) is 5.53. The zero-order valence-corrected chi connectivity index (χ0v) is 20.2. The van der Waals surface area contributed by atoms with Crippen LogP contribution in [-0.2, 0) is 25.7 Å². The van der Waals surface area contributed by atoms with Crippen molar-refractivity contribution in [3.05, 3.63) is 105 Å². The normalized spacial score (nSPS) is 10.2. The topological polar surface area (TPSA) is 78.1 Å².